The number of carbonyl (C=O) groups excluding carboxylic acids is 1. The van der Waals surface area contributed by atoms with Crippen molar-refractivity contribution in [2.75, 3.05) is 19.6 Å². The number of carbonyl (C=O) groups is 1. The van der Waals surface area contributed by atoms with Crippen LogP contribution in [0.2, 0.25) is 0 Å². The lowest BCUT2D eigenvalue weighted by molar-refractivity contribution is -0.119. The summed E-state index contributed by atoms with van der Waals surface area (Å²) in [5.74, 6) is 0.614. The molecule has 0 aliphatic carbocycles. The highest BCUT2D eigenvalue weighted by atomic mass is 16.1. The third kappa shape index (κ3) is 3.33. The average molecular weight is 246 g/mol. The van der Waals surface area contributed by atoms with Crippen LogP contribution in [0.3, 0.4) is 0 Å². The molecule has 1 N–H and O–H groups in total. The Hall–Kier alpha value is -1.35. The Kier molecular flexibility index (Phi) is 4.76. The van der Waals surface area contributed by atoms with Gasteiger partial charge in [-0.15, -0.1) is 0 Å². The molecule has 3 heteroatoms. The summed E-state index contributed by atoms with van der Waals surface area (Å²) in [4.78, 5) is 12.6. The van der Waals surface area contributed by atoms with Crippen molar-refractivity contribution in [3.05, 3.63) is 35.4 Å². The molecule has 2 rings (SSSR count). The molecule has 1 fully saturated rings. The minimum Gasteiger partial charge on any atom is -0.345 e. The molecule has 1 heterocycles. The van der Waals surface area contributed by atoms with Crippen LogP contribution in [0, 0.1) is 0 Å². The summed E-state index contributed by atoms with van der Waals surface area (Å²) >= 11 is 0. The molecule has 98 valence electrons. The molecular formula is C15H22N2O. The van der Waals surface area contributed by atoms with Crippen LogP contribution < -0.4 is 5.32 Å². The van der Waals surface area contributed by atoms with Gasteiger partial charge in [0.1, 0.15) is 0 Å². The van der Waals surface area contributed by atoms with E-state index in [1.165, 1.54) is 11.1 Å². The van der Waals surface area contributed by atoms with E-state index in [0.717, 1.165) is 45.4 Å². The first-order valence-corrected chi connectivity index (χ1v) is 6.82. The Morgan fingerprint density at radius 3 is 2.83 bits per heavy atom. The van der Waals surface area contributed by atoms with Crippen molar-refractivity contribution in [1.29, 1.82) is 0 Å². The first kappa shape index (κ1) is 13.1. The van der Waals surface area contributed by atoms with Crippen molar-refractivity contribution in [3.8, 4) is 0 Å². The van der Waals surface area contributed by atoms with E-state index in [1.54, 1.807) is 0 Å². The van der Waals surface area contributed by atoms with Gasteiger partial charge in [0.05, 0.1) is 0 Å². The molecular weight excluding hydrogens is 224 g/mol. The maximum Gasteiger partial charge on any atom is 0.209 e. The van der Waals surface area contributed by atoms with E-state index in [0.29, 0.717) is 5.92 Å². The van der Waals surface area contributed by atoms with Gasteiger partial charge >= 0.3 is 0 Å². The third-order valence-corrected chi connectivity index (χ3v) is 3.68. The predicted octanol–water partition coefficient (Wildman–Crippen LogP) is 2.13. The number of nitrogens with zero attached hydrogens (tertiary/aromatic N) is 1. The molecule has 1 aliphatic rings. The van der Waals surface area contributed by atoms with E-state index in [9.17, 15) is 4.79 Å². The van der Waals surface area contributed by atoms with Gasteiger partial charge in [-0.05, 0) is 36.4 Å². The summed E-state index contributed by atoms with van der Waals surface area (Å²) in [7, 11) is 0. The highest BCUT2D eigenvalue weighted by Crippen LogP contribution is 2.27. The lowest BCUT2D eigenvalue weighted by Crippen LogP contribution is -2.31. The molecule has 0 bridgehead atoms. The van der Waals surface area contributed by atoms with Gasteiger partial charge in [-0.1, -0.05) is 31.2 Å². The number of piperidine rings is 1. The van der Waals surface area contributed by atoms with Gasteiger partial charge in [-0.3, -0.25) is 4.79 Å². The predicted molar refractivity (Wildman–Crippen MR) is 73.4 cm³/mol. The SMILES string of the molecule is CCNCc1cccc(C2CCN(C=O)CC2)c1. The van der Waals surface area contributed by atoms with Crippen molar-refractivity contribution in [1.82, 2.24) is 10.2 Å². The zero-order valence-electron chi connectivity index (χ0n) is 11.1. The lowest BCUT2D eigenvalue weighted by Gasteiger charge is -2.29. The molecule has 0 saturated carbocycles. The smallest absolute Gasteiger partial charge is 0.209 e. The first-order chi connectivity index (χ1) is 8.83. The lowest BCUT2D eigenvalue weighted by atomic mass is 9.89. The summed E-state index contributed by atoms with van der Waals surface area (Å²) in [6, 6.07) is 8.85. The average Bonchev–Trinajstić information content (AvgIpc) is 2.45. The zero-order valence-corrected chi connectivity index (χ0v) is 11.1. The highest BCUT2D eigenvalue weighted by molar-refractivity contribution is 5.47. The van der Waals surface area contributed by atoms with Gasteiger partial charge in [0.2, 0.25) is 6.41 Å². The van der Waals surface area contributed by atoms with Crippen molar-refractivity contribution in [2.45, 2.75) is 32.2 Å². The maximum atomic E-state index is 10.7. The van der Waals surface area contributed by atoms with Crippen LogP contribution in [-0.4, -0.2) is 30.9 Å². The molecule has 0 atom stereocenters. The molecule has 1 aliphatic heterocycles. The maximum absolute atomic E-state index is 10.7. The van der Waals surface area contributed by atoms with Crippen molar-refractivity contribution in [2.24, 2.45) is 0 Å². The first-order valence-electron chi connectivity index (χ1n) is 6.82. The van der Waals surface area contributed by atoms with E-state index < -0.39 is 0 Å². The standard InChI is InChI=1S/C15H22N2O/c1-2-16-11-13-4-3-5-15(10-13)14-6-8-17(12-18)9-7-14/h3-5,10,12,14,16H,2,6-9,11H2,1H3. The second kappa shape index (κ2) is 6.55. The second-order valence-corrected chi connectivity index (χ2v) is 4.94. The van der Waals surface area contributed by atoms with E-state index in [2.05, 4.69) is 36.5 Å². The third-order valence-electron chi connectivity index (χ3n) is 3.68. The minimum absolute atomic E-state index is 0.614. The quantitative estimate of drug-likeness (QED) is 0.807. The number of hydrogen-bond acceptors (Lipinski definition) is 2. The molecule has 0 unspecified atom stereocenters. The fraction of sp³-hybridized carbons (Fsp3) is 0.533. The van der Waals surface area contributed by atoms with Crippen LogP contribution in [0.5, 0.6) is 0 Å². The number of likely N-dealkylation sites (tertiary alicyclic amines) is 1. The van der Waals surface area contributed by atoms with Crippen molar-refractivity contribution >= 4 is 6.41 Å². The van der Waals surface area contributed by atoms with Crippen LogP contribution in [0.25, 0.3) is 0 Å². The molecule has 0 radical (unpaired) electrons. The Morgan fingerprint density at radius 2 is 2.17 bits per heavy atom. The van der Waals surface area contributed by atoms with Crippen LogP contribution in [0.4, 0.5) is 0 Å². The summed E-state index contributed by atoms with van der Waals surface area (Å²) in [6.07, 6.45) is 3.14. The normalized spacial score (nSPS) is 16.8. The van der Waals surface area contributed by atoms with Crippen LogP contribution in [-0.2, 0) is 11.3 Å². The van der Waals surface area contributed by atoms with E-state index >= 15 is 0 Å². The molecule has 1 aromatic carbocycles. The summed E-state index contributed by atoms with van der Waals surface area (Å²) in [5, 5.41) is 3.36. The van der Waals surface area contributed by atoms with Gasteiger partial charge in [0, 0.05) is 19.6 Å². The minimum atomic E-state index is 0.614. The van der Waals surface area contributed by atoms with Crippen LogP contribution in [0.15, 0.2) is 24.3 Å². The summed E-state index contributed by atoms with van der Waals surface area (Å²) < 4.78 is 0. The fourth-order valence-corrected chi connectivity index (χ4v) is 2.56. The Balaban J connectivity index is 1.98. The molecule has 0 aromatic heterocycles. The zero-order chi connectivity index (χ0) is 12.8. The summed E-state index contributed by atoms with van der Waals surface area (Å²) in [5.41, 5.74) is 2.78. The molecule has 0 spiro atoms. The number of nitrogens with one attached hydrogen (secondary N) is 1. The highest BCUT2D eigenvalue weighted by Gasteiger charge is 2.19. The van der Waals surface area contributed by atoms with Crippen molar-refractivity contribution in [3.63, 3.8) is 0 Å². The monoisotopic (exact) mass is 246 g/mol. The van der Waals surface area contributed by atoms with Gasteiger partial charge in [-0.25, -0.2) is 0 Å². The van der Waals surface area contributed by atoms with Crippen LogP contribution >= 0.6 is 0 Å². The Labute approximate surface area is 109 Å². The van der Waals surface area contributed by atoms with Gasteiger partial charge in [0.25, 0.3) is 0 Å². The topological polar surface area (TPSA) is 32.3 Å². The number of amides is 1. The van der Waals surface area contributed by atoms with E-state index in [1.807, 2.05) is 4.90 Å². The fourth-order valence-electron chi connectivity index (χ4n) is 2.56. The van der Waals surface area contributed by atoms with Gasteiger partial charge in [-0.2, -0.15) is 0 Å². The molecule has 1 aromatic rings. The largest absolute Gasteiger partial charge is 0.345 e. The molecule has 1 amide bonds. The molecule has 1 saturated heterocycles. The van der Waals surface area contributed by atoms with E-state index in [-0.39, 0.29) is 0 Å². The Morgan fingerprint density at radius 1 is 1.39 bits per heavy atom. The molecule has 3 nitrogen and oxygen atoms in total. The van der Waals surface area contributed by atoms with Crippen LogP contribution in [0.1, 0.15) is 36.8 Å². The summed E-state index contributed by atoms with van der Waals surface area (Å²) in [6.45, 7) is 5.86. The van der Waals surface area contributed by atoms with Gasteiger partial charge < -0.3 is 10.2 Å². The van der Waals surface area contributed by atoms with E-state index in [4.69, 9.17) is 0 Å². The Bertz CT molecular complexity index is 384. The molecule has 18 heavy (non-hydrogen) atoms. The second-order valence-electron chi connectivity index (χ2n) is 4.94. The number of rotatable bonds is 5. The van der Waals surface area contributed by atoms with Crippen molar-refractivity contribution < 1.29 is 4.79 Å². The van der Waals surface area contributed by atoms with Gasteiger partial charge in [0.15, 0.2) is 0 Å². The number of hydrogen-bond donors (Lipinski definition) is 1. The number of benzene rings is 1.